The topological polar surface area (TPSA) is 72.2 Å². The summed E-state index contributed by atoms with van der Waals surface area (Å²) in [4.78, 5) is 22.5. The summed E-state index contributed by atoms with van der Waals surface area (Å²) in [5, 5.41) is 13.6. The van der Waals surface area contributed by atoms with E-state index in [0.29, 0.717) is 0 Å². The van der Waals surface area contributed by atoms with E-state index in [1.54, 1.807) is 0 Å². The summed E-state index contributed by atoms with van der Waals surface area (Å²) in [6.07, 6.45) is 0. The molecule has 5 nitrogen and oxygen atoms in total. The summed E-state index contributed by atoms with van der Waals surface area (Å²) in [6.45, 7) is 5.88. The van der Waals surface area contributed by atoms with E-state index in [0.717, 1.165) is 16.7 Å². The van der Waals surface area contributed by atoms with Gasteiger partial charge in [0.15, 0.2) is 0 Å². The lowest BCUT2D eigenvalue weighted by atomic mass is 10.00. The van der Waals surface area contributed by atoms with Gasteiger partial charge in [0, 0.05) is 12.1 Å². The van der Waals surface area contributed by atoms with Crippen molar-refractivity contribution in [2.75, 3.05) is 0 Å². The minimum Gasteiger partial charge on any atom is -0.345 e. The number of hydrogen-bond acceptors (Lipinski definition) is 3. The average molecular weight is 333 g/mol. The molecule has 1 atom stereocenters. The highest BCUT2D eigenvalue weighted by atomic mass is 35.5. The second-order valence-electron chi connectivity index (χ2n) is 5.48. The third-order valence-corrected chi connectivity index (χ3v) is 3.96. The van der Waals surface area contributed by atoms with E-state index >= 15 is 0 Å². The van der Waals surface area contributed by atoms with Gasteiger partial charge in [0.05, 0.1) is 21.6 Å². The highest BCUT2D eigenvalue weighted by Gasteiger charge is 2.18. The molecule has 0 aromatic heterocycles. The number of rotatable bonds is 4. The Morgan fingerprint density at radius 2 is 1.91 bits per heavy atom. The van der Waals surface area contributed by atoms with Gasteiger partial charge in [-0.1, -0.05) is 35.4 Å². The first-order valence-corrected chi connectivity index (χ1v) is 7.49. The van der Waals surface area contributed by atoms with Crippen molar-refractivity contribution in [1.82, 2.24) is 5.32 Å². The van der Waals surface area contributed by atoms with Gasteiger partial charge in [-0.3, -0.25) is 14.9 Å². The third kappa shape index (κ3) is 3.87. The van der Waals surface area contributed by atoms with Crippen LogP contribution in [0.3, 0.4) is 0 Å². The Kier molecular flexibility index (Phi) is 5.01. The molecule has 0 aliphatic carbocycles. The Balaban J connectivity index is 2.20. The van der Waals surface area contributed by atoms with E-state index in [1.165, 1.54) is 18.2 Å². The van der Waals surface area contributed by atoms with Crippen LogP contribution < -0.4 is 5.32 Å². The van der Waals surface area contributed by atoms with Crippen LogP contribution in [0.25, 0.3) is 0 Å². The van der Waals surface area contributed by atoms with Crippen LogP contribution >= 0.6 is 11.6 Å². The van der Waals surface area contributed by atoms with Gasteiger partial charge in [-0.15, -0.1) is 0 Å². The van der Waals surface area contributed by atoms with Crippen molar-refractivity contribution in [3.05, 3.63) is 73.8 Å². The Morgan fingerprint density at radius 1 is 1.22 bits per heavy atom. The minimum atomic E-state index is -0.550. The van der Waals surface area contributed by atoms with Crippen molar-refractivity contribution in [2.45, 2.75) is 26.8 Å². The second kappa shape index (κ2) is 6.79. The van der Waals surface area contributed by atoms with Gasteiger partial charge in [-0.05, 0) is 38.0 Å². The van der Waals surface area contributed by atoms with Crippen molar-refractivity contribution >= 4 is 23.2 Å². The summed E-state index contributed by atoms with van der Waals surface area (Å²) >= 11 is 5.98. The smallest absolute Gasteiger partial charge is 0.270 e. The van der Waals surface area contributed by atoms with E-state index in [9.17, 15) is 14.9 Å². The predicted molar refractivity (Wildman–Crippen MR) is 89.9 cm³/mol. The van der Waals surface area contributed by atoms with Crippen molar-refractivity contribution < 1.29 is 9.72 Å². The number of nitrogens with one attached hydrogen (secondary N) is 1. The van der Waals surface area contributed by atoms with E-state index in [1.807, 2.05) is 32.9 Å². The quantitative estimate of drug-likeness (QED) is 0.668. The van der Waals surface area contributed by atoms with Gasteiger partial charge in [0.1, 0.15) is 0 Å². The first-order chi connectivity index (χ1) is 10.8. The van der Waals surface area contributed by atoms with Crippen LogP contribution in [-0.2, 0) is 0 Å². The SMILES string of the molecule is Cc1ccc([C@H](C)NC(=O)c2ccc([N+](=O)[O-])cc2Cl)c(C)c1. The number of carbonyl (C=O) groups excluding carboxylic acids is 1. The summed E-state index contributed by atoms with van der Waals surface area (Å²) in [7, 11) is 0. The zero-order valence-corrected chi connectivity index (χ0v) is 13.8. The molecular weight excluding hydrogens is 316 g/mol. The number of hydrogen-bond donors (Lipinski definition) is 1. The molecule has 2 aromatic rings. The highest BCUT2D eigenvalue weighted by Crippen LogP contribution is 2.24. The summed E-state index contributed by atoms with van der Waals surface area (Å²) in [5.41, 5.74) is 3.33. The molecule has 2 rings (SSSR count). The van der Waals surface area contributed by atoms with Crippen LogP contribution in [0.5, 0.6) is 0 Å². The lowest BCUT2D eigenvalue weighted by Gasteiger charge is -2.17. The molecule has 0 aliphatic heterocycles. The molecular formula is C17H17ClN2O3. The fraction of sp³-hybridized carbons (Fsp3) is 0.235. The van der Waals surface area contributed by atoms with Gasteiger partial charge < -0.3 is 5.32 Å². The van der Waals surface area contributed by atoms with Gasteiger partial charge in [-0.25, -0.2) is 0 Å². The number of benzene rings is 2. The largest absolute Gasteiger partial charge is 0.345 e. The fourth-order valence-electron chi connectivity index (χ4n) is 2.47. The number of amides is 1. The minimum absolute atomic E-state index is 0.0597. The van der Waals surface area contributed by atoms with Crippen LogP contribution in [0.4, 0.5) is 5.69 Å². The third-order valence-electron chi connectivity index (χ3n) is 3.65. The van der Waals surface area contributed by atoms with Crippen LogP contribution in [0.1, 0.15) is 40.0 Å². The van der Waals surface area contributed by atoms with Crippen molar-refractivity contribution in [3.8, 4) is 0 Å². The molecule has 0 radical (unpaired) electrons. The molecule has 1 N–H and O–H groups in total. The number of halogens is 1. The molecule has 0 saturated carbocycles. The van der Waals surface area contributed by atoms with Crippen LogP contribution in [0.15, 0.2) is 36.4 Å². The number of nitro benzene ring substituents is 1. The Bertz CT molecular complexity index is 774. The van der Waals surface area contributed by atoms with Crippen LogP contribution in [0, 0.1) is 24.0 Å². The average Bonchev–Trinajstić information content (AvgIpc) is 2.46. The summed E-state index contributed by atoms with van der Waals surface area (Å²) < 4.78 is 0. The van der Waals surface area contributed by atoms with Gasteiger partial charge in [0.2, 0.25) is 0 Å². The first kappa shape index (κ1) is 17.0. The number of nitrogens with zero attached hydrogens (tertiary/aromatic N) is 1. The Morgan fingerprint density at radius 3 is 2.48 bits per heavy atom. The maximum Gasteiger partial charge on any atom is 0.270 e. The van der Waals surface area contributed by atoms with Crippen LogP contribution in [-0.4, -0.2) is 10.8 Å². The highest BCUT2D eigenvalue weighted by molar-refractivity contribution is 6.34. The molecule has 1 amide bonds. The van der Waals surface area contributed by atoms with E-state index < -0.39 is 4.92 Å². The van der Waals surface area contributed by atoms with Crippen LogP contribution in [0.2, 0.25) is 5.02 Å². The first-order valence-electron chi connectivity index (χ1n) is 7.11. The maximum absolute atomic E-state index is 12.3. The fourth-order valence-corrected chi connectivity index (χ4v) is 2.73. The molecule has 23 heavy (non-hydrogen) atoms. The number of carbonyl (C=O) groups is 1. The summed E-state index contributed by atoms with van der Waals surface area (Å²) in [6, 6.07) is 9.63. The Hall–Kier alpha value is -2.40. The molecule has 0 heterocycles. The number of nitro groups is 1. The lowest BCUT2D eigenvalue weighted by Crippen LogP contribution is -2.27. The van der Waals surface area contributed by atoms with Gasteiger partial charge in [0.25, 0.3) is 11.6 Å². The lowest BCUT2D eigenvalue weighted by molar-refractivity contribution is -0.384. The molecule has 0 saturated heterocycles. The second-order valence-corrected chi connectivity index (χ2v) is 5.88. The molecule has 6 heteroatoms. The van der Waals surface area contributed by atoms with Crippen molar-refractivity contribution in [1.29, 1.82) is 0 Å². The Labute approximate surface area is 139 Å². The monoisotopic (exact) mass is 332 g/mol. The molecule has 120 valence electrons. The number of non-ortho nitro benzene ring substituents is 1. The van der Waals surface area contributed by atoms with Crippen molar-refractivity contribution in [2.24, 2.45) is 0 Å². The summed E-state index contributed by atoms with van der Waals surface area (Å²) in [5.74, 6) is -0.364. The number of aryl methyl sites for hydroxylation is 2. The van der Waals surface area contributed by atoms with Gasteiger partial charge in [-0.2, -0.15) is 0 Å². The maximum atomic E-state index is 12.3. The van der Waals surface area contributed by atoms with E-state index in [-0.39, 0.29) is 28.2 Å². The van der Waals surface area contributed by atoms with Crippen molar-refractivity contribution in [3.63, 3.8) is 0 Å². The zero-order chi connectivity index (χ0) is 17.1. The zero-order valence-electron chi connectivity index (χ0n) is 13.1. The molecule has 0 spiro atoms. The normalized spacial score (nSPS) is 11.8. The molecule has 0 aliphatic rings. The van der Waals surface area contributed by atoms with E-state index in [2.05, 4.69) is 11.4 Å². The van der Waals surface area contributed by atoms with Gasteiger partial charge >= 0.3 is 0 Å². The molecule has 0 unspecified atom stereocenters. The molecule has 0 bridgehead atoms. The predicted octanol–water partition coefficient (Wildman–Crippen LogP) is 4.36. The standard InChI is InChI=1S/C17H17ClN2O3/c1-10-4-6-14(11(2)8-10)12(3)19-17(21)15-7-5-13(20(22)23)9-16(15)18/h4-9,12H,1-3H3,(H,19,21)/t12-/m0/s1. The molecule has 0 fully saturated rings. The van der Waals surface area contributed by atoms with E-state index in [4.69, 9.17) is 11.6 Å². The molecule has 2 aromatic carbocycles.